The minimum absolute atomic E-state index is 0.0168. The molecule has 1 amide bonds. The number of hydrogen-bond donors (Lipinski definition) is 2. The lowest BCUT2D eigenvalue weighted by Gasteiger charge is -2.25. The maximum atomic E-state index is 13.0. The summed E-state index contributed by atoms with van der Waals surface area (Å²) < 4.78 is 63.1. The molecule has 1 aliphatic rings. The van der Waals surface area contributed by atoms with Crippen LogP contribution in [0.15, 0.2) is 65.6 Å². The summed E-state index contributed by atoms with van der Waals surface area (Å²) in [5.74, 6) is -0.295. The number of aliphatic hydroxyl groups is 1. The Morgan fingerprint density at radius 1 is 1.08 bits per heavy atom. The van der Waals surface area contributed by atoms with Gasteiger partial charge in [0.05, 0.1) is 40.1 Å². The fourth-order valence-electron chi connectivity index (χ4n) is 4.74. The van der Waals surface area contributed by atoms with Gasteiger partial charge in [0, 0.05) is 18.9 Å². The number of alkyl halides is 3. The lowest BCUT2D eigenvalue weighted by atomic mass is 9.95. The van der Waals surface area contributed by atoms with Crippen molar-refractivity contribution in [3.63, 3.8) is 0 Å². The Morgan fingerprint density at radius 2 is 1.74 bits per heavy atom. The van der Waals surface area contributed by atoms with Gasteiger partial charge in [-0.2, -0.15) is 13.2 Å². The number of benzene rings is 2. The Labute approximate surface area is 219 Å². The Kier molecular flexibility index (Phi) is 7.80. The number of nitrogens with two attached hydrogens (primary N) is 1. The summed E-state index contributed by atoms with van der Waals surface area (Å²) in [4.78, 5) is 18.9. The molecule has 0 spiro atoms. The van der Waals surface area contributed by atoms with Crippen molar-refractivity contribution in [1.82, 2.24) is 4.98 Å². The van der Waals surface area contributed by atoms with Crippen molar-refractivity contribution in [2.45, 2.75) is 42.8 Å². The highest BCUT2D eigenvalue weighted by molar-refractivity contribution is 7.91. The lowest BCUT2D eigenvalue weighted by Crippen LogP contribution is -2.33. The third-order valence-electron chi connectivity index (χ3n) is 6.89. The number of nitrogens with zero attached hydrogens (tertiary/aromatic N) is 2. The number of hydrogen-bond acceptors (Lipinski definition) is 6. The van der Waals surface area contributed by atoms with Gasteiger partial charge in [-0.3, -0.25) is 4.79 Å². The van der Waals surface area contributed by atoms with Crippen molar-refractivity contribution >= 4 is 21.6 Å². The van der Waals surface area contributed by atoms with E-state index in [1.54, 1.807) is 31.2 Å². The van der Waals surface area contributed by atoms with Gasteiger partial charge in [-0.1, -0.05) is 31.2 Å². The summed E-state index contributed by atoms with van der Waals surface area (Å²) in [5, 5.41) is 10.0. The number of carbonyl (C=O) groups excluding carboxylic acids is 1. The molecule has 7 nitrogen and oxygen atoms in total. The molecule has 202 valence electrons. The zero-order valence-electron chi connectivity index (χ0n) is 20.6. The minimum Gasteiger partial charge on any atom is -0.394 e. The number of rotatable bonds is 8. The van der Waals surface area contributed by atoms with Gasteiger partial charge in [-0.15, -0.1) is 0 Å². The smallest absolute Gasteiger partial charge is 0.394 e. The first kappa shape index (κ1) is 27.6. The number of primary amides is 1. The zero-order chi connectivity index (χ0) is 27.7. The van der Waals surface area contributed by atoms with Gasteiger partial charge in [0.25, 0.3) is 5.91 Å². The number of amides is 1. The highest BCUT2D eigenvalue weighted by Gasteiger charge is 2.35. The summed E-state index contributed by atoms with van der Waals surface area (Å²) in [5.41, 5.74) is 6.94. The second-order valence-electron chi connectivity index (χ2n) is 9.29. The Balaban J connectivity index is 1.60. The van der Waals surface area contributed by atoms with Crippen molar-refractivity contribution in [1.29, 1.82) is 0 Å². The van der Waals surface area contributed by atoms with E-state index in [0.717, 1.165) is 23.3 Å². The van der Waals surface area contributed by atoms with Crippen molar-refractivity contribution in [3.8, 4) is 0 Å². The van der Waals surface area contributed by atoms with E-state index in [4.69, 9.17) is 5.73 Å². The molecule has 11 heteroatoms. The summed E-state index contributed by atoms with van der Waals surface area (Å²) >= 11 is 0. The van der Waals surface area contributed by atoms with Crippen molar-refractivity contribution < 1.29 is 31.5 Å². The third-order valence-corrected chi connectivity index (χ3v) is 8.64. The fraction of sp³-hybridized carbons (Fsp3) is 0.333. The molecule has 0 aliphatic carbocycles. The topological polar surface area (TPSA) is 114 Å². The molecular formula is C27H28F3N3O4S. The highest BCUT2D eigenvalue weighted by atomic mass is 32.2. The van der Waals surface area contributed by atoms with Crippen LogP contribution < -0.4 is 10.6 Å². The van der Waals surface area contributed by atoms with Crippen LogP contribution in [0.5, 0.6) is 0 Å². The van der Waals surface area contributed by atoms with Crippen LogP contribution in [0.4, 0.5) is 19.0 Å². The predicted octanol–water partition coefficient (Wildman–Crippen LogP) is 3.94. The van der Waals surface area contributed by atoms with Crippen molar-refractivity contribution in [2.24, 2.45) is 5.73 Å². The van der Waals surface area contributed by atoms with Gasteiger partial charge in [0.15, 0.2) is 9.84 Å². The molecule has 3 aromatic rings. The highest BCUT2D eigenvalue weighted by Crippen LogP contribution is 2.36. The normalized spacial score (nSPS) is 18.1. The molecule has 1 saturated heterocycles. The Bertz CT molecular complexity index is 1410. The number of pyridine rings is 1. The van der Waals surface area contributed by atoms with Crippen LogP contribution in [0.2, 0.25) is 0 Å². The number of aromatic nitrogens is 1. The van der Waals surface area contributed by atoms with Crippen LogP contribution >= 0.6 is 0 Å². The molecule has 0 bridgehead atoms. The molecule has 1 aromatic heterocycles. The molecule has 2 heterocycles. The van der Waals surface area contributed by atoms with Crippen LogP contribution in [0, 0.1) is 0 Å². The first-order chi connectivity index (χ1) is 17.9. The molecule has 1 fully saturated rings. The predicted molar refractivity (Wildman–Crippen MR) is 137 cm³/mol. The molecule has 1 unspecified atom stereocenters. The number of sulfone groups is 1. The van der Waals surface area contributed by atoms with E-state index in [-0.39, 0.29) is 41.2 Å². The van der Waals surface area contributed by atoms with Crippen LogP contribution in [0.1, 0.15) is 52.0 Å². The fourth-order valence-corrected chi connectivity index (χ4v) is 5.62. The van der Waals surface area contributed by atoms with Gasteiger partial charge in [-0.25, -0.2) is 13.4 Å². The number of carbonyl (C=O) groups is 1. The van der Waals surface area contributed by atoms with Crippen LogP contribution in [-0.4, -0.2) is 49.4 Å². The monoisotopic (exact) mass is 547 g/mol. The third kappa shape index (κ3) is 5.83. The standard InChI is InChI=1S/C27H28F3N3O4S/c1-2-38(36,37)22-9-3-17(4-10-22)13-24-23(26(31)35)11-12-25(32-24)33-15-19(14-21(33)16-34)18-5-7-20(8-6-18)27(28,29)30/h3-12,19,21,34H,2,13-16H2,1H3,(H2,31,35)/t19?,21-/m0/s1. The van der Waals surface area contributed by atoms with E-state index in [2.05, 4.69) is 4.98 Å². The van der Waals surface area contributed by atoms with Gasteiger partial charge < -0.3 is 15.7 Å². The summed E-state index contributed by atoms with van der Waals surface area (Å²) in [6.45, 7) is 1.81. The van der Waals surface area contributed by atoms with Crippen LogP contribution in [-0.2, 0) is 22.4 Å². The molecule has 0 saturated carbocycles. The molecule has 1 aliphatic heterocycles. The maximum absolute atomic E-state index is 13.0. The average molecular weight is 548 g/mol. The molecule has 4 rings (SSSR count). The SMILES string of the molecule is CCS(=O)(=O)c1ccc(Cc2nc(N3CC(c4ccc(C(F)(F)F)cc4)C[C@H]3CO)ccc2C(N)=O)cc1. The van der Waals surface area contributed by atoms with E-state index < -0.39 is 27.5 Å². The van der Waals surface area contributed by atoms with Crippen LogP contribution in [0.3, 0.4) is 0 Å². The first-order valence-corrected chi connectivity index (χ1v) is 13.7. The molecular weight excluding hydrogens is 519 g/mol. The first-order valence-electron chi connectivity index (χ1n) is 12.1. The lowest BCUT2D eigenvalue weighted by molar-refractivity contribution is -0.137. The van der Waals surface area contributed by atoms with Crippen molar-refractivity contribution in [3.05, 3.63) is 88.6 Å². The largest absolute Gasteiger partial charge is 0.416 e. The van der Waals surface area contributed by atoms with E-state index in [1.165, 1.54) is 24.3 Å². The molecule has 0 radical (unpaired) electrons. The second-order valence-corrected chi connectivity index (χ2v) is 11.6. The molecule has 2 atom stereocenters. The van der Waals surface area contributed by atoms with Gasteiger partial charge >= 0.3 is 6.18 Å². The molecule has 2 aromatic carbocycles. The Hall–Kier alpha value is -3.44. The molecule has 38 heavy (non-hydrogen) atoms. The number of anilines is 1. The average Bonchev–Trinajstić information content (AvgIpc) is 3.33. The quantitative estimate of drug-likeness (QED) is 0.442. The van der Waals surface area contributed by atoms with Crippen LogP contribution in [0.25, 0.3) is 0 Å². The minimum atomic E-state index is -4.42. The van der Waals surface area contributed by atoms with E-state index in [9.17, 15) is 31.5 Å². The van der Waals surface area contributed by atoms with E-state index in [1.807, 2.05) is 4.90 Å². The zero-order valence-corrected chi connectivity index (χ0v) is 21.5. The van der Waals surface area contributed by atoms with E-state index >= 15 is 0 Å². The summed E-state index contributed by atoms with van der Waals surface area (Å²) in [7, 11) is -3.35. The van der Waals surface area contributed by atoms with Gasteiger partial charge in [0.1, 0.15) is 5.82 Å². The maximum Gasteiger partial charge on any atom is 0.416 e. The number of halogens is 3. The molecule has 3 N–H and O–H groups in total. The summed E-state index contributed by atoms with van der Waals surface area (Å²) in [6.07, 6.45) is -3.68. The second kappa shape index (κ2) is 10.7. The number of aliphatic hydroxyl groups excluding tert-OH is 1. The van der Waals surface area contributed by atoms with Gasteiger partial charge in [0.2, 0.25) is 0 Å². The Morgan fingerprint density at radius 3 is 2.29 bits per heavy atom. The van der Waals surface area contributed by atoms with Gasteiger partial charge in [-0.05, 0) is 53.9 Å². The van der Waals surface area contributed by atoms with Crippen molar-refractivity contribution in [2.75, 3.05) is 23.8 Å². The van der Waals surface area contributed by atoms with E-state index in [0.29, 0.717) is 24.5 Å². The summed E-state index contributed by atoms with van der Waals surface area (Å²) in [6, 6.07) is 14.3.